The second kappa shape index (κ2) is 9.74. The molecule has 0 saturated carbocycles. The molecule has 28 heavy (non-hydrogen) atoms. The van der Waals surface area contributed by atoms with Crippen molar-refractivity contribution < 1.29 is 9.84 Å². The summed E-state index contributed by atoms with van der Waals surface area (Å²) >= 11 is 0. The summed E-state index contributed by atoms with van der Waals surface area (Å²) in [6.07, 6.45) is 2.79. The molecule has 3 nitrogen and oxygen atoms in total. The van der Waals surface area contributed by atoms with E-state index >= 15 is 0 Å². The number of rotatable bonds is 6. The monoisotopic (exact) mass is 395 g/mol. The van der Waals surface area contributed by atoms with Gasteiger partial charge in [-0.1, -0.05) is 72.8 Å². The summed E-state index contributed by atoms with van der Waals surface area (Å²) in [6, 6.07) is 24.7. The highest BCUT2D eigenvalue weighted by molar-refractivity contribution is 5.88. The summed E-state index contributed by atoms with van der Waals surface area (Å²) in [5.74, 6) is 0.831. The number of β-amino-alcohol motifs (C(OH)–C–C–N with tert-alkyl or cyclic N) is 1. The Balaban J connectivity index is 0.00000225. The maximum atomic E-state index is 10.4. The van der Waals surface area contributed by atoms with E-state index in [4.69, 9.17) is 4.74 Å². The van der Waals surface area contributed by atoms with E-state index in [0.717, 1.165) is 36.0 Å². The van der Waals surface area contributed by atoms with Gasteiger partial charge in [0.1, 0.15) is 18.5 Å². The lowest BCUT2D eigenvalue weighted by Crippen LogP contribution is -2.38. The fourth-order valence-electron chi connectivity index (χ4n) is 3.65. The molecule has 0 amide bonds. The minimum atomic E-state index is -0.504. The molecule has 1 heterocycles. The smallest absolute Gasteiger partial charge is 0.127 e. The molecule has 0 saturated heterocycles. The average Bonchev–Trinajstić information content (AvgIpc) is 2.73. The maximum absolute atomic E-state index is 10.4. The van der Waals surface area contributed by atoms with Crippen LogP contribution in [0, 0.1) is 0 Å². The van der Waals surface area contributed by atoms with Crippen LogP contribution in [0.4, 0.5) is 0 Å². The first kappa shape index (κ1) is 20.4. The number of ether oxygens (including phenoxy) is 1. The second-order valence-corrected chi connectivity index (χ2v) is 7.05. The number of halogens is 1. The van der Waals surface area contributed by atoms with Gasteiger partial charge in [0.15, 0.2) is 0 Å². The normalized spacial score (nSPS) is 15.5. The fourth-order valence-corrected chi connectivity index (χ4v) is 3.65. The van der Waals surface area contributed by atoms with Crippen LogP contribution in [0.5, 0.6) is 5.75 Å². The molecule has 0 fully saturated rings. The zero-order chi connectivity index (χ0) is 18.5. The SMILES string of the molecule is Cl.OC(COc1cccc2ccccc12)CN1CC=C(c2ccccc2)CC1. The second-order valence-electron chi connectivity index (χ2n) is 7.05. The van der Waals surface area contributed by atoms with Crippen molar-refractivity contribution in [2.24, 2.45) is 0 Å². The number of fused-ring (bicyclic) bond motifs is 1. The number of aliphatic hydroxyl groups is 1. The number of hydrogen-bond donors (Lipinski definition) is 1. The molecule has 0 spiro atoms. The quantitative estimate of drug-likeness (QED) is 0.651. The van der Waals surface area contributed by atoms with Crippen LogP contribution in [0.2, 0.25) is 0 Å². The molecular formula is C24H26ClNO2. The fraction of sp³-hybridized carbons (Fsp3) is 0.250. The lowest BCUT2D eigenvalue weighted by molar-refractivity contribution is 0.0722. The molecule has 1 aliphatic heterocycles. The third-order valence-electron chi connectivity index (χ3n) is 5.09. The topological polar surface area (TPSA) is 32.7 Å². The molecule has 146 valence electrons. The van der Waals surface area contributed by atoms with E-state index < -0.39 is 6.10 Å². The summed E-state index contributed by atoms with van der Waals surface area (Å²) in [5.41, 5.74) is 2.70. The first-order chi connectivity index (χ1) is 13.3. The Morgan fingerprint density at radius 1 is 0.929 bits per heavy atom. The van der Waals surface area contributed by atoms with Gasteiger partial charge in [-0.3, -0.25) is 4.90 Å². The summed E-state index contributed by atoms with van der Waals surface area (Å²) < 4.78 is 5.92. The van der Waals surface area contributed by atoms with Gasteiger partial charge < -0.3 is 9.84 Å². The van der Waals surface area contributed by atoms with E-state index in [9.17, 15) is 5.11 Å². The van der Waals surface area contributed by atoms with Gasteiger partial charge in [0.25, 0.3) is 0 Å². The van der Waals surface area contributed by atoms with Gasteiger partial charge in [-0.05, 0) is 29.0 Å². The molecule has 1 unspecified atom stereocenters. The summed E-state index contributed by atoms with van der Waals surface area (Å²) in [6.45, 7) is 2.77. The Bertz CT molecular complexity index is 921. The molecule has 3 aromatic rings. The lowest BCUT2D eigenvalue weighted by Gasteiger charge is -2.28. The van der Waals surface area contributed by atoms with Crippen LogP contribution >= 0.6 is 12.4 Å². The summed E-state index contributed by atoms with van der Waals surface area (Å²) in [4.78, 5) is 2.28. The number of benzene rings is 3. The molecule has 4 heteroatoms. The Labute approximate surface area is 172 Å². The molecule has 1 N–H and O–H groups in total. The van der Waals surface area contributed by atoms with Crippen molar-refractivity contribution in [3.8, 4) is 5.75 Å². The van der Waals surface area contributed by atoms with Gasteiger partial charge in [0.05, 0.1) is 0 Å². The highest BCUT2D eigenvalue weighted by atomic mass is 35.5. The molecule has 1 aliphatic rings. The third kappa shape index (κ3) is 4.93. The van der Waals surface area contributed by atoms with Crippen LogP contribution in [0.1, 0.15) is 12.0 Å². The number of nitrogens with zero attached hydrogens (tertiary/aromatic N) is 1. The first-order valence-electron chi connectivity index (χ1n) is 9.55. The Morgan fingerprint density at radius 2 is 1.68 bits per heavy atom. The molecule has 4 rings (SSSR count). The van der Waals surface area contributed by atoms with E-state index in [1.165, 1.54) is 11.1 Å². The predicted octanol–water partition coefficient (Wildman–Crippen LogP) is 4.79. The molecule has 1 atom stereocenters. The highest BCUT2D eigenvalue weighted by Crippen LogP contribution is 2.25. The van der Waals surface area contributed by atoms with Crippen molar-refractivity contribution in [3.05, 3.63) is 84.4 Å². The summed E-state index contributed by atoms with van der Waals surface area (Å²) in [7, 11) is 0. The van der Waals surface area contributed by atoms with Gasteiger partial charge >= 0.3 is 0 Å². The number of aliphatic hydroxyl groups excluding tert-OH is 1. The maximum Gasteiger partial charge on any atom is 0.127 e. The minimum absolute atomic E-state index is 0. The average molecular weight is 396 g/mol. The lowest BCUT2D eigenvalue weighted by atomic mass is 9.99. The Hall–Kier alpha value is -2.33. The van der Waals surface area contributed by atoms with E-state index in [-0.39, 0.29) is 12.4 Å². The van der Waals surface area contributed by atoms with Crippen LogP contribution in [0.15, 0.2) is 78.9 Å². The van der Waals surface area contributed by atoms with Gasteiger partial charge in [-0.15, -0.1) is 12.4 Å². The molecule has 3 aromatic carbocycles. The first-order valence-corrected chi connectivity index (χ1v) is 9.55. The highest BCUT2D eigenvalue weighted by Gasteiger charge is 2.17. The Kier molecular flexibility index (Phi) is 7.10. The zero-order valence-electron chi connectivity index (χ0n) is 15.8. The zero-order valence-corrected chi connectivity index (χ0v) is 16.6. The van der Waals surface area contributed by atoms with E-state index in [0.29, 0.717) is 13.2 Å². The van der Waals surface area contributed by atoms with Crippen LogP contribution in [-0.4, -0.2) is 42.4 Å². The summed E-state index contributed by atoms with van der Waals surface area (Å²) in [5, 5.41) is 12.7. The molecule has 0 bridgehead atoms. The van der Waals surface area contributed by atoms with Gasteiger partial charge in [0, 0.05) is 25.0 Å². The third-order valence-corrected chi connectivity index (χ3v) is 5.09. The predicted molar refractivity (Wildman–Crippen MR) is 118 cm³/mol. The van der Waals surface area contributed by atoms with Crippen molar-refractivity contribution in [2.45, 2.75) is 12.5 Å². The van der Waals surface area contributed by atoms with Crippen molar-refractivity contribution in [1.82, 2.24) is 4.90 Å². The van der Waals surface area contributed by atoms with Crippen molar-refractivity contribution in [3.63, 3.8) is 0 Å². The molecule has 0 aliphatic carbocycles. The van der Waals surface area contributed by atoms with Crippen LogP contribution in [-0.2, 0) is 0 Å². The van der Waals surface area contributed by atoms with E-state index in [2.05, 4.69) is 53.4 Å². The van der Waals surface area contributed by atoms with Gasteiger partial charge in [0.2, 0.25) is 0 Å². The van der Waals surface area contributed by atoms with Gasteiger partial charge in [-0.25, -0.2) is 0 Å². The Morgan fingerprint density at radius 3 is 2.46 bits per heavy atom. The van der Waals surface area contributed by atoms with Crippen LogP contribution in [0.3, 0.4) is 0 Å². The minimum Gasteiger partial charge on any atom is -0.490 e. The van der Waals surface area contributed by atoms with Crippen molar-refractivity contribution in [2.75, 3.05) is 26.2 Å². The van der Waals surface area contributed by atoms with Crippen LogP contribution < -0.4 is 4.74 Å². The molecular weight excluding hydrogens is 370 g/mol. The largest absolute Gasteiger partial charge is 0.490 e. The van der Waals surface area contributed by atoms with Crippen molar-refractivity contribution in [1.29, 1.82) is 0 Å². The van der Waals surface area contributed by atoms with E-state index in [1.807, 2.05) is 30.3 Å². The standard InChI is InChI=1S/C24H25NO2.ClH/c26-22(18-27-24-12-6-10-21-9-4-5-11-23(21)24)17-25-15-13-20(14-16-25)19-7-2-1-3-8-19;/h1-13,22,26H,14-18H2;1H. The van der Waals surface area contributed by atoms with Crippen molar-refractivity contribution >= 4 is 28.8 Å². The van der Waals surface area contributed by atoms with E-state index in [1.54, 1.807) is 0 Å². The van der Waals surface area contributed by atoms with Gasteiger partial charge in [-0.2, -0.15) is 0 Å². The van der Waals surface area contributed by atoms with Crippen LogP contribution in [0.25, 0.3) is 16.3 Å². The molecule has 0 radical (unpaired) electrons. The molecule has 0 aromatic heterocycles. The number of hydrogen-bond acceptors (Lipinski definition) is 3.